The first-order valence-electron chi connectivity index (χ1n) is 6.89. The van der Waals surface area contributed by atoms with E-state index in [1.54, 1.807) is 20.9 Å². The lowest BCUT2D eigenvalue weighted by Crippen LogP contribution is -2.43. The Bertz CT molecular complexity index is 659. The summed E-state index contributed by atoms with van der Waals surface area (Å²) < 4.78 is 29.0. The van der Waals surface area contributed by atoms with E-state index in [1.165, 1.54) is 4.68 Å². The molecule has 1 aromatic heterocycles. The monoisotopic (exact) mass is 315 g/mol. The molecule has 0 unspecified atom stereocenters. The molecule has 118 valence electrons. The molecule has 0 aliphatic heterocycles. The highest BCUT2D eigenvalue weighted by molar-refractivity contribution is 7.89. The third-order valence-corrected chi connectivity index (χ3v) is 5.94. The van der Waals surface area contributed by atoms with Gasteiger partial charge in [0.2, 0.25) is 10.0 Å². The molecule has 2 N–H and O–H groups in total. The second kappa shape index (κ2) is 5.42. The Morgan fingerprint density at radius 2 is 2.05 bits per heavy atom. The number of aryl methyl sites for hydroxylation is 2. The largest absolute Gasteiger partial charge is 0.481 e. The van der Waals surface area contributed by atoms with Crippen LogP contribution in [0.25, 0.3) is 0 Å². The van der Waals surface area contributed by atoms with Gasteiger partial charge in [-0.3, -0.25) is 9.48 Å². The van der Waals surface area contributed by atoms with Crippen LogP contribution >= 0.6 is 0 Å². The van der Waals surface area contributed by atoms with Crippen LogP contribution in [0.15, 0.2) is 4.90 Å². The smallest absolute Gasteiger partial charge is 0.303 e. The molecule has 0 radical (unpaired) electrons. The van der Waals surface area contributed by atoms with Gasteiger partial charge in [-0.25, -0.2) is 13.1 Å². The molecule has 0 saturated heterocycles. The van der Waals surface area contributed by atoms with E-state index in [1.807, 2.05) is 0 Å². The van der Waals surface area contributed by atoms with Gasteiger partial charge in [-0.2, -0.15) is 5.10 Å². The van der Waals surface area contributed by atoms with E-state index < -0.39 is 21.4 Å². The van der Waals surface area contributed by atoms with E-state index in [2.05, 4.69) is 9.82 Å². The molecule has 1 aromatic rings. The van der Waals surface area contributed by atoms with Crippen LogP contribution in [0.2, 0.25) is 0 Å². The average Bonchev–Trinajstić information content (AvgIpc) is 2.56. The third-order valence-electron chi connectivity index (χ3n) is 4.29. The first-order chi connectivity index (χ1) is 9.67. The van der Waals surface area contributed by atoms with Gasteiger partial charge in [-0.15, -0.1) is 0 Å². The van der Waals surface area contributed by atoms with Crippen LogP contribution in [-0.4, -0.2) is 35.8 Å². The van der Waals surface area contributed by atoms with Crippen molar-refractivity contribution in [1.82, 2.24) is 14.5 Å². The van der Waals surface area contributed by atoms with Gasteiger partial charge in [0.25, 0.3) is 0 Å². The quantitative estimate of drug-likeness (QED) is 0.814. The van der Waals surface area contributed by atoms with E-state index in [9.17, 15) is 13.2 Å². The zero-order valence-electron chi connectivity index (χ0n) is 12.5. The minimum atomic E-state index is -3.67. The summed E-state index contributed by atoms with van der Waals surface area (Å²) in [7, 11) is -1.98. The number of aromatic nitrogens is 2. The summed E-state index contributed by atoms with van der Waals surface area (Å²) >= 11 is 0. The number of rotatable bonds is 6. The zero-order valence-corrected chi connectivity index (χ0v) is 13.3. The maximum absolute atomic E-state index is 12.4. The Hall–Kier alpha value is -1.41. The number of carbonyl (C=O) groups is 1. The lowest BCUT2D eigenvalue weighted by Gasteiger charge is -2.40. The van der Waals surface area contributed by atoms with E-state index in [-0.39, 0.29) is 17.9 Å². The van der Waals surface area contributed by atoms with Crippen LogP contribution in [0.4, 0.5) is 0 Å². The topological polar surface area (TPSA) is 101 Å². The van der Waals surface area contributed by atoms with Gasteiger partial charge in [-0.05, 0) is 32.1 Å². The van der Waals surface area contributed by atoms with Crippen molar-refractivity contribution in [3.8, 4) is 0 Å². The van der Waals surface area contributed by atoms with Gasteiger partial charge in [0.1, 0.15) is 4.90 Å². The van der Waals surface area contributed by atoms with Crippen molar-refractivity contribution >= 4 is 16.0 Å². The van der Waals surface area contributed by atoms with Gasteiger partial charge < -0.3 is 5.11 Å². The predicted molar refractivity (Wildman–Crippen MR) is 76.4 cm³/mol. The molecule has 1 heterocycles. The van der Waals surface area contributed by atoms with Crippen LogP contribution in [0.5, 0.6) is 0 Å². The number of hydrogen-bond donors (Lipinski definition) is 2. The highest BCUT2D eigenvalue weighted by atomic mass is 32.2. The van der Waals surface area contributed by atoms with Gasteiger partial charge in [0, 0.05) is 13.6 Å². The molecule has 1 fully saturated rings. The molecular formula is C13H21N3O4S. The third kappa shape index (κ3) is 3.11. The van der Waals surface area contributed by atoms with Crippen LogP contribution in [0.3, 0.4) is 0 Å². The Balaban J connectivity index is 2.16. The second-order valence-electron chi connectivity index (χ2n) is 5.87. The van der Waals surface area contributed by atoms with Crippen molar-refractivity contribution in [3.05, 3.63) is 11.4 Å². The first-order valence-corrected chi connectivity index (χ1v) is 8.37. The summed E-state index contributed by atoms with van der Waals surface area (Å²) in [5.41, 5.74) is 0.576. The molecule has 21 heavy (non-hydrogen) atoms. The fourth-order valence-corrected chi connectivity index (χ4v) is 4.47. The fourth-order valence-electron chi connectivity index (χ4n) is 2.88. The molecule has 0 bridgehead atoms. The Labute approximate surface area is 124 Å². The van der Waals surface area contributed by atoms with Crippen molar-refractivity contribution < 1.29 is 18.3 Å². The van der Waals surface area contributed by atoms with Gasteiger partial charge in [0.15, 0.2) is 0 Å². The molecule has 8 heteroatoms. The number of carboxylic acids is 1. The summed E-state index contributed by atoms with van der Waals surface area (Å²) in [6.45, 7) is 3.51. The van der Waals surface area contributed by atoms with Crippen molar-refractivity contribution in [2.24, 2.45) is 12.5 Å². The molecular weight excluding hydrogens is 294 g/mol. The van der Waals surface area contributed by atoms with Crippen molar-refractivity contribution in [2.75, 3.05) is 6.54 Å². The first kappa shape index (κ1) is 16.0. The van der Waals surface area contributed by atoms with E-state index >= 15 is 0 Å². The number of nitrogens with one attached hydrogen (secondary N) is 1. The summed E-state index contributed by atoms with van der Waals surface area (Å²) in [5, 5.41) is 13.1. The normalized spacial score (nSPS) is 17.5. The second-order valence-corrected chi connectivity index (χ2v) is 7.58. The van der Waals surface area contributed by atoms with Crippen LogP contribution in [0, 0.1) is 19.3 Å². The highest BCUT2D eigenvalue weighted by Crippen LogP contribution is 2.43. The molecule has 0 atom stereocenters. The molecule has 1 aliphatic carbocycles. The molecule has 2 rings (SSSR count). The van der Waals surface area contributed by atoms with Crippen molar-refractivity contribution in [1.29, 1.82) is 0 Å². The molecule has 7 nitrogen and oxygen atoms in total. The van der Waals surface area contributed by atoms with E-state index in [0.29, 0.717) is 11.4 Å². The Morgan fingerprint density at radius 3 is 2.43 bits per heavy atom. The SMILES string of the molecule is Cc1nn(C)c(C)c1S(=O)(=O)NCC1(CC(=O)O)CCC1. The lowest BCUT2D eigenvalue weighted by atomic mass is 9.67. The Kier molecular flexibility index (Phi) is 4.12. The molecule has 1 aliphatic rings. The lowest BCUT2D eigenvalue weighted by molar-refractivity contribution is -0.141. The minimum absolute atomic E-state index is 0.000520. The van der Waals surface area contributed by atoms with Gasteiger partial charge in [-0.1, -0.05) is 6.42 Å². The van der Waals surface area contributed by atoms with E-state index in [4.69, 9.17) is 5.11 Å². The van der Waals surface area contributed by atoms with Gasteiger partial charge >= 0.3 is 5.97 Å². The highest BCUT2D eigenvalue weighted by Gasteiger charge is 2.40. The molecule has 0 spiro atoms. The number of aliphatic carboxylic acids is 1. The molecule has 0 aromatic carbocycles. The number of sulfonamides is 1. The number of nitrogens with zero attached hydrogens (tertiary/aromatic N) is 2. The van der Waals surface area contributed by atoms with Crippen molar-refractivity contribution in [2.45, 2.75) is 44.4 Å². The standard InChI is InChI=1S/C13H21N3O4S/c1-9-12(10(2)16(3)15-9)21(19,20)14-8-13(5-4-6-13)7-11(17)18/h14H,4-8H2,1-3H3,(H,17,18). The summed E-state index contributed by atoms with van der Waals surface area (Å²) in [6.07, 6.45) is 2.43. The van der Waals surface area contributed by atoms with Gasteiger partial charge in [0.05, 0.1) is 17.8 Å². The van der Waals surface area contributed by atoms with Crippen molar-refractivity contribution in [3.63, 3.8) is 0 Å². The predicted octanol–water partition coefficient (Wildman–Crippen LogP) is 0.960. The minimum Gasteiger partial charge on any atom is -0.481 e. The summed E-state index contributed by atoms with van der Waals surface area (Å²) in [4.78, 5) is 11.1. The average molecular weight is 315 g/mol. The van der Waals surface area contributed by atoms with Crippen LogP contribution in [0.1, 0.15) is 37.1 Å². The van der Waals surface area contributed by atoms with Crippen LogP contribution in [-0.2, 0) is 21.9 Å². The molecule has 0 amide bonds. The van der Waals surface area contributed by atoms with E-state index in [0.717, 1.165) is 19.3 Å². The summed E-state index contributed by atoms with van der Waals surface area (Å²) in [6, 6.07) is 0. The summed E-state index contributed by atoms with van der Waals surface area (Å²) in [5.74, 6) is -0.886. The maximum Gasteiger partial charge on any atom is 0.303 e. The van der Waals surface area contributed by atoms with Crippen LogP contribution < -0.4 is 4.72 Å². The zero-order chi connectivity index (χ0) is 15.8. The molecule has 1 saturated carbocycles. The number of hydrogen-bond acceptors (Lipinski definition) is 4. The number of carboxylic acid groups (broad SMARTS) is 1. The fraction of sp³-hybridized carbons (Fsp3) is 0.692. The maximum atomic E-state index is 12.4. The Morgan fingerprint density at radius 1 is 1.43 bits per heavy atom.